The lowest BCUT2D eigenvalue weighted by atomic mass is 9.90. The minimum Gasteiger partial charge on any atom is -0.508 e. The number of hydrogen-bond acceptors (Lipinski definition) is 17. The van der Waals surface area contributed by atoms with Crippen molar-refractivity contribution < 1.29 is 92.0 Å². The van der Waals surface area contributed by atoms with E-state index in [-0.39, 0.29) is 55.7 Å². The summed E-state index contributed by atoms with van der Waals surface area (Å²) in [5.74, 6) is -9.47. The molecule has 3 saturated heterocycles. The number of carbonyl (C=O) groups excluding carboxylic acids is 7. The number of unbranched alkanes of at least 4 members (excludes halogenated alkanes) is 2. The van der Waals surface area contributed by atoms with Gasteiger partial charge in [-0.15, -0.1) is 0 Å². The normalized spacial score (nSPS) is 26.7. The number of aliphatic carboxylic acids is 1. The van der Waals surface area contributed by atoms with Crippen molar-refractivity contribution in [1.29, 1.82) is 0 Å². The number of aliphatic hydroxyl groups excluding tert-OH is 5. The van der Waals surface area contributed by atoms with Crippen LogP contribution in [0.5, 0.6) is 11.5 Å². The lowest BCUT2D eigenvalue weighted by molar-refractivity contribution is -0.192. The van der Waals surface area contributed by atoms with E-state index in [0.717, 1.165) is 69.9 Å². The van der Waals surface area contributed by atoms with E-state index in [1.807, 2.05) is 48.5 Å². The zero-order valence-electron chi connectivity index (χ0n) is 51.8. The fourth-order valence-corrected chi connectivity index (χ4v) is 11.8. The van der Waals surface area contributed by atoms with Crippen molar-refractivity contribution in [3.8, 4) is 33.8 Å². The maximum Gasteiger partial charge on any atom is 0.490 e. The molecule has 4 aromatic rings. The maximum atomic E-state index is 15.0. The van der Waals surface area contributed by atoms with Gasteiger partial charge in [0.15, 0.2) is 0 Å². The molecule has 0 radical (unpaired) electrons. The fourth-order valence-electron chi connectivity index (χ4n) is 11.8. The number of carbonyl (C=O) groups is 8. The molecule has 0 aromatic heterocycles. The topological polar surface area (TPSA) is 392 Å². The quantitative estimate of drug-likeness (QED) is 0.0705. The van der Waals surface area contributed by atoms with Gasteiger partial charge in [0, 0.05) is 62.1 Å². The van der Waals surface area contributed by atoms with Gasteiger partial charge < -0.3 is 87.9 Å². The molecule has 0 bridgehead atoms. The van der Waals surface area contributed by atoms with Crippen LogP contribution in [0.15, 0.2) is 97.1 Å². The Balaban J connectivity index is 0.00000165. The SMILES string of the molecule is CCCCCOc1ccc(-c2ccc(-c3ccc(C(=O)N[C@H]4CC(N[C@@H]5CCCC[C@H]5N)CNC(=O)[C@@H]5[C@@H](O)[C@@H](C)CN5C(=O)[C@H](CO)NC(=O)[C@H]([C@H](O)Cc5ccc(O)cc5)NC(=O)[C@@H]5C[C@@H](O)CN5C(=O)[C@H]([C@@H](C)O)NC4=O)cc3)cc2)cc1.O=C(O)C(F)(F)F. The fraction of sp³-hybridized carbons (Fsp3) is 0.508. The molecule has 25 nitrogen and oxygen atoms in total. The molecule has 28 heteroatoms. The highest BCUT2D eigenvalue weighted by Gasteiger charge is 2.49. The Morgan fingerprint density at radius 3 is 1.89 bits per heavy atom. The van der Waals surface area contributed by atoms with E-state index in [1.165, 1.54) is 31.2 Å². The first-order valence-electron chi connectivity index (χ1n) is 31.1. The molecule has 15 N–H and O–H groups in total. The van der Waals surface area contributed by atoms with Crippen molar-refractivity contribution in [2.45, 2.75) is 170 Å². The molecule has 4 aliphatic rings. The smallest absolute Gasteiger partial charge is 0.490 e. The number of alkyl halides is 3. The zero-order valence-corrected chi connectivity index (χ0v) is 51.8. The van der Waals surface area contributed by atoms with Crippen molar-refractivity contribution in [3.63, 3.8) is 0 Å². The van der Waals surface area contributed by atoms with E-state index < -0.39 is 139 Å². The van der Waals surface area contributed by atoms with Crippen molar-refractivity contribution >= 4 is 47.3 Å². The number of hydrogen-bond donors (Lipinski definition) is 14. The minimum atomic E-state index is -5.08. The van der Waals surface area contributed by atoms with Crippen LogP contribution >= 0.6 is 0 Å². The number of carboxylic acids is 1. The lowest BCUT2D eigenvalue weighted by Gasteiger charge is -2.35. The first-order chi connectivity index (χ1) is 44.2. The van der Waals surface area contributed by atoms with E-state index in [2.05, 4.69) is 38.8 Å². The summed E-state index contributed by atoms with van der Waals surface area (Å²) >= 11 is 0. The summed E-state index contributed by atoms with van der Waals surface area (Å²) < 4.78 is 37.6. The van der Waals surface area contributed by atoms with Gasteiger partial charge in [0.05, 0.1) is 37.6 Å². The standard InChI is InChI=1S/C63H83N9O14.C2HF3O2/c1-4-5-8-27-86-46-25-21-41(22-26-46)39-15-13-38(14-16-39)40-17-19-42(20-18-40)57(79)67-49-29-43(66-48-10-7-6-9-47(48)64)31-65-61(83)55-56(78)35(2)32-72(55)62(84)50(34-73)68-60(82)54(52(77)28-37-11-23-44(75)24-12-37)70-59(81)51-30-45(76)33-71(51)63(85)53(36(3)74)69-58(49)80;3-2(4,5)1(6)7/h11-26,35-36,43,45,47-56,66,73-78H,4-10,27-34,64H2,1-3H3,(H,65,83)(H,67,79)(H,68,82)(H,69,80)(H,70,81);(H,6,7)/t35-,36+,43?,45+,47+,48+,49-,50-,51-,52+,53-,54-,55-,56-;/m0./s1. The second kappa shape index (κ2) is 33.0. The Morgan fingerprint density at radius 1 is 0.742 bits per heavy atom. The number of phenolic OH excluding ortho intramolecular Hbond substituents is 1. The summed E-state index contributed by atoms with van der Waals surface area (Å²) in [6.07, 6.45) is -6.09. The average Bonchev–Trinajstić information content (AvgIpc) is 1.76. The number of carboxylic acid groups (broad SMARTS) is 1. The molecule has 506 valence electrons. The van der Waals surface area contributed by atoms with Crippen molar-refractivity contribution in [1.82, 2.24) is 41.7 Å². The number of phenols is 1. The summed E-state index contributed by atoms with van der Waals surface area (Å²) in [5.41, 5.74) is 10.9. The molecule has 7 amide bonds. The summed E-state index contributed by atoms with van der Waals surface area (Å²) in [6, 6.07) is 16.4. The molecule has 93 heavy (non-hydrogen) atoms. The monoisotopic (exact) mass is 1300 g/mol. The van der Waals surface area contributed by atoms with E-state index in [9.17, 15) is 77.4 Å². The number of benzene rings is 4. The number of nitrogens with two attached hydrogens (primary N) is 1. The number of amides is 7. The molecular formula is C65H84F3N9O16. The number of nitrogens with zero attached hydrogens (tertiary/aromatic N) is 2. The van der Waals surface area contributed by atoms with E-state index in [0.29, 0.717) is 25.0 Å². The Labute approximate surface area is 535 Å². The Hall–Kier alpha value is -8.25. The van der Waals surface area contributed by atoms with Crippen LogP contribution in [0.1, 0.15) is 94.5 Å². The van der Waals surface area contributed by atoms with Crippen LogP contribution in [0.2, 0.25) is 0 Å². The van der Waals surface area contributed by atoms with Crippen LogP contribution in [-0.4, -0.2) is 211 Å². The molecule has 3 aliphatic heterocycles. The van der Waals surface area contributed by atoms with Gasteiger partial charge in [-0.25, -0.2) is 4.79 Å². The Bertz CT molecular complexity index is 3200. The molecule has 4 fully saturated rings. The molecule has 14 atom stereocenters. The summed E-state index contributed by atoms with van der Waals surface area (Å²) in [7, 11) is 0. The third-order valence-corrected chi connectivity index (χ3v) is 17.1. The number of halogens is 3. The van der Waals surface area contributed by atoms with Gasteiger partial charge in [-0.05, 0) is 96.8 Å². The molecular weight excluding hydrogens is 1220 g/mol. The van der Waals surface area contributed by atoms with Gasteiger partial charge in [0.2, 0.25) is 35.4 Å². The third-order valence-electron chi connectivity index (χ3n) is 17.1. The molecule has 4 aromatic carbocycles. The average molecular weight is 1300 g/mol. The minimum absolute atomic E-state index is 0.0932. The number of fused-ring (bicyclic) bond motifs is 2. The van der Waals surface area contributed by atoms with Gasteiger partial charge in [-0.1, -0.05) is 100 Å². The molecule has 1 unspecified atom stereocenters. The highest BCUT2D eigenvalue weighted by atomic mass is 19.4. The van der Waals surface area contributed by atoms with Crippen LogP contribution in [0, 0.1) is 5.92 Å². The number of aliphatic hydroxyl groups is 5. The van der Waals surface area contributed by atoms with Crippen molar-refractivity contribution in [2.75, 3.05) is 32.8 Å². The molecule has 8 rings (SSSR count). The third kappa shape index (κ3) is 19.4. The largest absolute Gasteiger partial charge is 0.508 e. The Morgan fingerprint density at radius 2 is 1.32 bits per heavy atom. The predicted molar refractivity (Wildman–Crippen MR) is 331 cm³/mol. The van der Waals surface area contributed by atoms with Gasteiger partial charge in [0.1, 0.15) is 47.8 Å². The van der Waals surface area contributed by atoms with Crippen molar-refractivity contribution in [3.05, 3.63) is 108 Å². The number of rotatable bonds is 16. The van der Waals surface area contributed by atoms with Crippen LogP contribution in [0.25, 0.3) is 22.3 Å². The lowest BCUT2D eigenvalue weighted by Crippen LogP contribution is -2.63. The van der Waals surface area contributed by atoms with Crippen LogP contribution in [0.4, 0.5) is 13.2 Å². The first-order valence-corrected chi connectivity index (χ1v) is 31.1. The van der Waals surface area contributed by atoms with Crippen LogP contribution in [-0.2, 0) is 40.0 Å². The molecule has 0 spiro atoms. The van der Waals surface area contributed by atoms with E-state index >= 15 is 0 Å². The second-order valence-electron chi connectivity index (χ2n) is 24.2. The molecule has 3 heterocycles. The summed E-state index contributed by atoms with van der Waals surface area (Å²) in [4.78, 5) is 113. The first kappa shape index (κ1) is 72.2. The van der Waals surface area contributed by atoms with Gasteiger partial charge >= 0.3 is 12.1 Å². The van der Waals surface area contributed by atoms with Gasteiger partial charge in [-0.3, -0.25) is 33.6 Å². The Kier molecular flexibility index (Phi) is 25.6. The second-order valence-corrected chi connectivity index (χ2v) is 24.2. The van der Waals surface area contributed by atoms with E-state index in [4.69, 9.17) is 20.4 Å². The van der Waals surface area contributed by atoms with Crippen molar-refractivity contribution in [2.24, 2.45) is 11.7 Å². The zero-order chi connectivity index (χ0) is 67.8. The highest BCUT2D eigenvalue weighted by molar-refractivity contribution is 6.00. The summed E-state index contributed by atoms with van der Waals surface area (Å²) in [5, 5.41) is 89.8. The highest BCUT2D eigenvalue weighted by Crippen LogP contribution is 2.29. The molecule has 1 aliphatic carbocycles. The van der Waals surface area contributed by atoms with Crippen LogP contribution in [0.3, 0.4) is 0 Å². The van der Waals surface area contributed by atoms with E-state index in [1.54, 1.807) is 31.2 Å². The van der Waals surface area contributed by atoms with Gasteiger partial charge in [-0.2, -0.15) is 13.2 Å². The number of nitrogens with one attached hydrogen (secondary N) is 6. The van der Waals surface area contributed by atoms with Crippen LogP contribution < -0.4 is 42.4 Å². The predicted octanol–water partition coefficient (Wildman–Crippen LogP) is 1.38. The maximum absolute atomic E-state index is 15.0. The number of ether oxygens (including phenoxy) is 1. The van der Waals surface area contributed by atoms with Gasteiger partial charge in [0.25, 0.3) is 5.91 Å². The molecule has 1 saturated carbocycles. The summed E-state index contributed by atoms with van der Waals surface area (Å²) in [6.45, 7) is 3.67. The number of aromatic hydroxyl groups is 1.